The first-order valence-corrected chi connectivity index (χ1v) is 5.21. The lowest BCUT2D eigenvalue weighted by Gasteiger charge is -2.09. The maximum absolute atomic E-state index is 11.0. The molecule has 2 N–H and O–H groups in total. The van der Waals surface area contributed by atoms with Crippen LogP contribution in [-0.4, -0.2) is 16.1 Å². The Morgan fingerprint density at radius 3 is 2.94 bits per heavy atom. The van der Waals surface area contributed by atoms with Crippen LogP contribution in [0.1, 0.15) is 15.9 Å². The summed E-state index contributed by atoms with van der Waals surface area (Å²) >= 11 is 0. The Balaban J connectivity index is 2.34. The molecule has 0 bridgehead atoms. The molecule has 18 heavy (non-hydrogen) atoms. The number of benzene rings is 1. The van der Waals surface area contributed by atoms with E-state index in [4.69, 9.17) is 11.5 Å². The monoisotopic (exact) mass is 238 g/mol. The Hall–Kier alpha value is -2.80. The molecule has 2 aromatic rings. The molecular weight excluding hydrogens is 228 g/mol. The highest BCUT2D eigenvalue weighted by Crippen LogP contribution is 2.20. The number of carbonyl (C=O) groups is 1. The van der Waals surface area contributed by atoms with Gasteiger partial charge < -0.3 is 10.4 Å². The Morgan fingerprint density at radius 2 is 2.22 bits per heavy atom. The van der Waals surface area contributed by atoms with Crippen molar-refractivity contribution in [1.82, 2.24) is 4.98 Å². The van der Waals surface area contributed by atoms with E-state index >= 15 is 0 Å². The van der Waals surface area contributed by atoms with Crippen molar-refractivity contribution in [3.8, 4) is 12.3 Å². The summed E-state index contributed by atoms with van der Waals surface area (Å²) < 4.78 is 0. The molecule has 0 amide bonds. The fraction of sp³-hybridized carbons (Fsp3) is 0. The van der Waals surface area contributed by atoms with E-state index in [2.05, 4.69) is 16.2 Å². The second-order valence-electron chi connectivity index (χ2n) is 3.58. The zero-order chi connectivity index (χ0) is 13.0. The summed E-state index contributed by atoms with van der Waals surface area (Å²) in [5.41, 5.74) is 2.06. The number of nitrogens with one attached hydrogen (secondary N) is 1. The molecule has 0 atom stereocenters. The minimum absolute atomic E-state index is 0.114. The van der Waals surface area contributed by atoms with E-state index < -0.39 is 5.97 Å². The van der Waals surface area contributed by atoms with Gasteiger partial charge in [-0.2, -0.15) is 0 Å². The smallest absolute Gasteiger partial charge is 0.339 e. The maximum Gasteiger partial charge on any atom is 0.339 e. The van der Waals surface area contributed by atoms with Crippen LogP contribution in [-0.2, 0) is 0 Å². The summed E-state index contributed by atoms with van der Waals surface area (Å²) in [6, 6.07) is 8.79. The highest BCUT2D eigenvalue weighted by atomic mass is 16.4. The van der Waals surface area contributed by atoms with Gasteiger partial charge in [0.05, 0.1) is 5.69 Å². The maximum atomic E-state index is 11.0. The van der Waals surface area contributed by atoms with Crippen molar-refractivity contribution >= 4 is 17.3 Å². The van der Waals surface area contributed by atoms with Crippen LogP contribution in [0.3, 0.4) is 0 Å². The molecule has 0 saturated heterocycles. The Morgan fingerprint density at radius 1 is 1.39 bits per heavy atom. The van der Waals surface area contributed by atoms with Crippen LogP contribution < -0.4 is 5.32 Å². The van der Waals surface area contributed by atoms with Crippen LogP contribution >= 0.6 is 0 Å². The summed E-state index contributed by atoms with van der Waals surface area (Å²) in [5, 5.41) is 12.0. The van der Waals surface area contributed by atoms with Crippen LogP contribution in [0.25, 0.3) is 0 Å². The molecule has 1 aromatic heterocycles. The summed E-state index contributed by atoms with van der Waals surface area (Å²) in [6.45, 7) is 0. The third-order valence-electron chi connectivity index (χ3n) is 2.36. The zero-order valence-electron chi connectivity index (χ0n) is 9.42. The van der Waals surface area contributed by atoms with Gasteiger partial charge in [0.1, 0.15) is 5.56 Å². The van der Waals surface area contributed by atoms with E-state index in [0.717, 1.165) is 11.3 Å². The van der Waals surface area contributed by atoms with Crippen molar-refractivity contribution in [2.75, 3.05) is 5.32 Å². The van der Waals surface area contributed by atoms with Crippen LogP contribution in [0.4, 0.5) is 11.4 Å². The number of pyridine rings is 1. The predicted octanol–water partition coefficient (Wildman–Crippen LogP) is 2.50. The first-order valence-electron chi connectivity index (χ1n) is 5.21. The van der Waals surface area contributed by atoms with Gasteiger partial charge in [0.15, 0.2) is 0 Å². The largest absolute Gasteiger partial charge is 0.478 e. The van der Waals surface area contributed by atoms with Crippen molar-refractivity contribution in [1.29, 1.82) is 0 Å². The minimum Gasteiger partial charge on any atom is -0.478 e. The molecule has 2 rings (SSSR count). The zero-order valence-corrected chi connectivity index (χ0v) is 9.42. The average Bonchev–Trinajstić information content (AvgIpc) is 2.39. The molecule has 88 valence electrons. The Kier molecular flexibility index (Phi) is 3.26. The van der Waals surface area contributed by atoms with Gasteiger partial charge in [-0.3, -0.25) is 4.98 Å². The number of aromatic carboxylic acids is 1. The van der Waals surface area contributed by atoms with E-state index in [0.29, 0.717) is 5.69 Å². The first kappa shape index (κ1) is 11.7. The number of carboxylic acids is 1. The number of hydrogen-bond acceptors (Lipinski definition) is 3. The van der Waals surface area contributed by atoms with Crippen molar-refractivity contribution < 1.29 is 9.90 Å². The van der Waals surface area contributed by atoms with E-state index in [1.54, 1.807) is 24.3 Å². The normalized spacial score (nSPS) is 9.50. The molecular formula is C14H10N2O2. The van der Waals surface area contributed by atoms with Gasteiger partial charge in [-0.05, 0) is 24.3 Å². The van der Waals surface area contributed by atoms with Gasteiger partial charge in [-0.1, -0.05) is 12.0 Å². The molecule has 0 saturated carbocycles. The molecule has 0 fully saturated rings. The molecule has 4 heteroatoms. The van der Waals surface area contributed by atoms with Crippen molar-refractivity contribution in [3.05, 3.63) is 53.9 Å². The number of anilines is 2. The topological polar surface area (TPSA) is 62.2 Å². The SMILES string of the molecule is C#Cc1cccc(Nc2ccncc2C(=O)O)c1. The molecule has 0 unspecified atom stereocenters. The summed E-state index contributed by atoms with van der Waals surface area (Å²) in [6.07, 6.45) is 8.14. The molecule has 0 aliphatic rings. The number of carboxylic acid groups (broad SMARTS) is 1. The highest BCUT2D eigenvalue weighted by molar-refractivity contribution is 5.94. The van der Waals surface area contributed by atoms with Crippen molar-refractivity contribution in [3.63, 3.8) is 0 Å². The Bertz CT molecular complexity index is 630. The molecule has 0 aliphatic heterocycles. The summed E-state index contributed by atoms with van der Waals surface area (Å²) in [7, 11) is 0. The van der Waals surface area contributed by atoms with Crippen LogP contribution in [0.2, 0.25) is 0 Å². The van der Waals surface area contributed by atoms with E-state index in [1.807, 2.05) is 6.07 Å². The molecule has 1 aromatic carbocycles. The Labute approximate surface area is 104 Å². The number of hydrogen-bond donors (Lipinski definition) is 2. The first-order chi connectivity index (χ1) is 8.70. The molecule has 0 radical (unpaired) electrons. The van der Waals surface area contributed by atoms with Gasteiger partial charge in [0, 0.05) is 23.6 Å². The lowest BCUT2D eigenvalue weighted by molar-refractivity contribution is 0.0697. The van der Waals surface area contributed by atoms with Crippen LogP contribution in [0, 0.1) is 12.3 Å². The molecule has 4 nitrogen and oxygen atoms in total. The van der Waals surface area contributed by atoms with Crippen LogP contribution in [0.5, 0.6) is 0 Å². The van der Waals surface area contributed by atoms with Gasteiger partial charge in [-0.25, -0.2) is 4.79 Å². The van der Waals surface area contributed by atoms with Crippen molar-refractivity contribution in [2.24, 2.45) is 0 Å². The third kappa shape index (κ3) is 2.47. The van der Waals surface area contributed by atoms with Gasteiger partial charge in [-0.15, -0.1) is 6.42 Å². The number of terminal acetylenes is 1. The lowest BCUT2D eigenvalue weighted by atomic mass is 10.2. The molecule has 0 spiro atoms. The standard InChI is InChI=1S/C14H10N2O2/c1-2-10-4-3-5-11(8-10)16-13-6-7-15-9-12(13)14(17)18/h1,3-9H,(H,15,16)(H,17,18). The van der Waals surface area contributed by atoms with Gasteiger partial charge in [0.25, 0.3) is 0 Å². The van der Waals surface area contributed by atoms with Crippen LogP contribution in [0.15, 0.2) is 42.7 Å². The second kappa shape index (κ2) is 5.02. The van der Waals surface area contributed by atoms with Gasteiger partial charge >= 0.3 is 5.97 Å². The second-order valence-corrected chi connectivity index (χ2v) is 3.58. The lowest BCUT2D eigenvalue weighted by Crippen LogP contribution is -2.03. The van der Waals surface area contributed by atoms with Gasteiger partial charge in [0.2, 0.25) is 0 Å². The minimum atomic E-state index is -1.03. The number of rotatable bonds is 3. The van der Waals surface area contributed by atoms with E-state index in [-0.39, 0.29) is 5.56 Å². The number of nitrogens with zero attached hydrogens (tertiary/aromatic N) is 1. The molecule has 0 aliphatic carbocycles. The average molecular weight is 238 g/mol. The fourth-order valence-electron chi connectivity index (χ4n) is 1.52. The summed E-state index contributed by atoms with van der Waals surface area (Å²) in [4.78, 5) is 14.8. The molecule has 1 heterocycles. The third-order valence-corrected chi connectivity index (χ3v) is 2.36. The summed E-state index contributed by atoms with van der Waals surface area (Å²) in [5.74, 6) is 1.49. The quantitative estimate of drug-likeness (QED) is 0.806. The number of aromatic nitrogens is 1. The van der Waals surface area contributed by atoms with E-state index in [1.165, 1.54) is 12.4 Å². The highest BCUT2D eigenvalue weighted by Gasteiger charge is 2.09. The predicted molar refractivity (Wildman–Crippen MR) is 68.9 cm³/mol. The van der Waals surface area contributed by atoms with Crippen molar-refractivity contribution in [2.45, 2.75) is 0 Å². The van der Waals surface area contributed by atoms with E-state index in [9.17, 15) is 4.79 Å². The fourth-order valence-corrected chi connectivity index (χ4v) is 1.52.